The number of benzene rings is 2. The highest BCUT2D eigenvalue weighted by Gasteiger charge is 2.25. The minimum atomic E-state index is -0.941. The maximum Gasteiger partial charge on any atom is 0.408 e. The van der Waals surface area contributed by atoms with Crippen LogP contribution in [0.25, 0.3) is 0 Å². The first kappa shape index (κ1) is 25.9. The van der Waals surface area contributed by atoms with Crippen LogP contribution in [-0.4, -0.2) is 47.7 Å². The molecule has 0 aromatic heterocycles. The number of Topliss-reactive ketones (excluding diaryl/α,β-unsaturated/α-hetero) is 1. The molecule has 2 aromatic carbocycles. The van der Waals surface area contributed by atoms with Crippen molar-refractivity contribution < 1.29 is 23.9 Å². The van der Waals surface area contributed by atoms with E-state index in [4.69, 9.17) is 16.3 Å². The number of carbonyl (C=O) groups is 4. The van der Waals surface area contributed by atoms with Crippen molar-refractivity contribution >= 4 is 35.3 Å². The van der Waals surface area contributed by atoms with Gasteiger partial charge in [-0.1, -0.05) is 60.7 Å². The molecule has 0 radical (unpaired) electrons. The highest BCUT2D eigenvalue weighted by atomic mass is 35.5. The van der Waals surface area contributed by atoms with E-state index in [-0.39, 0.29) is 24.7 Å². The van der Waals surface area contributed by atoms with Gasteiger partial charge in [-0.15, -0.1) is 11.6 Å². The lowest BCUT2D eigenvalue weighted by Gasteiger charge is -2.22. The van der Waals surface area contributed by atoms with Crippen LogP contribution in [0.15, 0.2) is 60.7 Å². The third-order valence-electron chi connectivity index (χ3n) is 4.81. The second-order valence-corrected chi connectivity index (χ2v) is 7.78. The number of amides is 3. The van der Waals surface area contributed by atoms with Crippen molar-refractivity contribution in [2.24, 2.45) is 0 Å². The van der Waals surface area contributed by atoms with E-state index in [2.05, 4.69) is 16.0 Å². The van der Waals surface area contributed by atoms with Crippen molar-refractivity contribution in [1.29, 1.82) is 0 Å². The molecule has 2 aromatic rings. The van der Waals surface area contributed by atoms with Crippen LogP contribution in [-0.2, 0) is 32.1 Å². The number of ketones is 1. The molecule has 0 aliphatic rings. The van der Waals surface area contributed by atoms with Gasteiger partial charge in [-0.25, -0.2) is 4.79 Å². The number of hydrogen-bond donors (Lipinski definition) is 3. The summed E-state index contributed by atoms with van der Waals surface area (Å²) in [5.74, 6) is -1.69. The number of hydrogen-bond acceptors (Lipinski definition) is 5. The minimum Gasteiger partial charge on any atom is -0.445 e. The van der Waals surface area contributed by atoms with Crippen LogP contribution in [0.1, 0.15) is 25.0 Å². The molecule has 0 saturated heterocycles. The Morgan fingerprint density at radius 2 is 1.30 bits per heavy atom. The summed E-state index contributed by atoms with van der Waals surface area (Å²) in [6.07, 6.45) is -0.474. The molecule has 176 valence electrons. The Hall–Kier alpha value is -3.39. The SMILES string of the molecule is C[C@H](NC(=O)OCc1ccccc1)C(=O)N[C@@H](C)C(=O)N[C@@H](Cc1ccccc1)C(=O)CCl. The fourth-order valence-electron chi connectivity index (χ4n) is 2.90. The molecule has 0 heterocycles. The average molecular weight is 474 g/mol. The highest BCUT2D eigenvalue weighted by molar-refractivity contribution is 6.28. The molecular weight excluding hydrogens is 446 g/mol. The quantitative estimate of drug-likeness (QED) is 0.433. The number of alkyl halides is 1. The highest BCUT2D eigenvalue weighted by Crippen LogP contribution is 2.06. The number of ether oxygens (including phenoxy) is 1. The van der Waals surface area contributed by atoms with Crippen LogP contribution in [0, 0.1) is 0 Å². The summed E-state index contributed by atoms with van der Waals surface area (Å²) >= 11 is 5.69. The second kappa shape index (κ2) is 13.2. The van der Waals surface area contributed by atoms with Crippen molar-refractivity contribution in [2.75, 3.05) is 5.88 Å². The topological polar surface area (TPSA) is 114 Å². The van der Waals surface area contributed by atoms with Crippen LogP contribution < -0.4 is 16.0 Å². The van der Waals surface area contributed by atoms with Crippen LogP contribution in [0.4, 0.5) is 4.79 Å². The lowest BCUT2D eigenvalue weighted by Crippen LogP contribution is -2.54. The standard InChI is InChI=1S/C24H28ClN3O5/c1-16(23(31)28-20(21(29)14-25)13-18-9-5-3-6-10-18)26-22(30)17(2)27-24(32)33-15-19-11-7-4-8-12-19/h3-12,16-17,20H,13-15H2,1-2H3,(H,26,30)(H,27,32)(H,28,31)/t16-,17-,20-/m0/s1. The molecule has 33 heavy (non-hydrogen) atoms. The van der Waals surface area contributed by atoms with Gasteiger partial charge in [-0.05, 0) is 31.4 Å². The van der Waals surface area contributed by atoms with Crippen molar-refractivity contribution in [2.45, 2.75) is 45.0 Å². The van der Waals surface area contributed by atoms with Gasteiger partial charge in [0.05, 0.1) is 11.9 Å². The van der Waals surface area contributed by atoms with Crippen LogP contribution in [0.3, 0.4) is 0 Å². The molecule has 0 bridgehead atoms. The number of alkyl carbamates (subject to hydrolysis) is 1. The maximum absolute atomic E-state index is 12.6. The van der Waals surface area contributed by atoms with Crippen molar-refractivity contribution in [3.8, 4) is 0 Å². The Morgan fingerprint density at radius 1 is 0.788 bits per heavy atom. The van der Waals surface area contributed by atoms with Gasteiger partial charge in [0.1, 0.15) is 18.7 Å². The van der Waals surface area contributed by atoms with Gasteiger partial charge < -0.3 is 20.7 Å². The van der Waals surface area contributed by atoms with Crippen molar-refractivity contribution in [1.82, 2.24) is 16.0 Å². The number of rotatable bonds is 11. The van der Waals surface area contributed by atoms with Gasteiger partial charge in [0.2, 0.25) is 11.8 Å². The van der Waals surface area contributed by atoms with Gasteiger partial charge in [0, 0.05) is 0 Å². The van der Waals surface area contributed by atoms with Crippen molar-refractivity contribution in [3.05, 3.63) is 71.8 Å². The Bertz CT molecular complexity index is 940. The summed E-state index contributed by atoms with van der Waals surface area (Å²) in [7, 11) is 0. The lowest BCUT2D eigenvalue weighted by molar-refractivity contribution is -0.131. The fourth-order valence-corrected chi connectivity index (χ4v) is 3.08. The third kappa shape index (κ3) is 8.94. The molecule has 0 aliphatic heterocycles. The Labute approximate surface area is 198 Å². The third-order valence-corrected chi connectivity index (χ3v) is 5.08. The summed E-state index contributed by atoms with van der Waals surface area (Å²) in [6, 6.07) is 15.6. The summed E-state index contributed by atoms with van der Waals surface area (Å²) in [5.41, 5.74) is 1.68. The van der Waals surface area contributed by atoms with Crippen LogP contribution in [0.2, 0.25) is 0 Å². The maximum atomic E-state index is 12.6. The van der Waals surface area contributed by atoms with E-state index < -0.39 is 36.0 Å². The van der Waals surface area contributed by atoms with E-state index >= 15 is 0 Å². The molecule has 0 saturated carbocycles. The normalized spacial score (nSPS) is 13.2. The van der Waals surface area contributed by atoms with Gasteiger partial charge in [0.15, 0.2) is 5.78 Å². The zero-order valence-electron chi connectivity index (χ0n) is 18.5. The van der Waals surface area contributed by atoms with Crippen LogP contribution in [0.5, 0.6) is 0 Å². The monoisotopic (exact) mass is 473 g/mol. The molecule has 2 rings (SSSR count). The smallest absolute Gasteiger partial charge is 0.408 e. The van der Waals surface area contributed by atoms with Gasteiger partial charge in [0.25, 0.3) is 0 Å². The van der Waals surface area contributed by atoms with Gasteiger partial charge >= 0.3 is 6.09 Å². The molecule has 9 heteroatoms. The van der Waals surface area contributed by atoms with E-state index in [9.17, 15) is 19.2 Å². The van der Waals surface area contributed by atoms with Gasteiger partial charge in [-0.2, -0.15) is 0 Å². The minimum absolute atomic E-state index is 0.0667. The molecule has 3 N–H and O–H groups in total. The zero-order valence-corrected chi connectivity index (χ0v) is 19.3. The fraction of sp³-hybridized carbons (Fsp3) is 0.333. The molecule has 0 unspecified atom stereocenters. The summed E-state index contributed by atoms with van der Waals surface area (Å²) in [5, 5.41) is 7.58. The first-order chi connectivity index (χ1) is 15.8. The number of nitrogens with one attached hydrogen (secondary N) is 3. The lowest BCUT2D eigenvalue weighted by atomic mass is 10.0. The predicted octanol–water partition coefficient (Wildman–Crippen LogP) is 2.34. The Balaban J connectivity index is 1.83. The predicted molar refractivity (Wildman–Crippen MR) is 125 cm³/mol. The van der Waals surface area contributed by atoms with E-state index in [0.717, 1.165) is 11.1 Å². The first-order valence-corrected chi connectivity index (χ1v) is 11.0. The van der Waals surface area contributed by atoms with E-state index in [1.54, 1.807) is 0 Å². The van der Waals surface area contributed by atoms with E-state index in [0.29, 0.717) is 0 Å². The largest absolute Gasteiger partial charge is 0.445 e. The molecule has 8 nitrogen and oxygen atoms in total. The molecular formula is C24H28ClN3O5. The van der Waals surface area contributed by atoms with Crippen LogP contribution >= 0.6 is 11.6 Å². The Kier molecular flexibility index (Phi) is 10.4. The summed E-state index contributed by atoms with van der Waals surface area (Å²) in [6.45, 7) is 3.02. The van der Waals surface area contributed by atoms with Gasteiger partial charge in [-0.3, -0.25) is 14.4 Å². The second-order valence-electron chi connectivity index (χ2n) is 7.51. The first-order valence-electron chi connectivity index (χ1n) is 10.5. The molecule has 0 spiro atoms. The van der Waals surface area contributed by atoms with E-state index in [1.807, 2.05) is 60.7 Å². The van der Waals surface area contributed by atoms with Crippen molar-refractivity contribution in [3.63, 3.8) is 0 Å². The Morgan fingerprint density at radius 3 is 1.88 bits per heavy atom. The molecule has 0 aliphatic carbocycles. The molecule has 3 atom stereocenters. The zero-order chi connectivity index (χ0) is 24.2. The summed E-state index contributed by atoms with van der Waals surface area (Å²) in [4.78, 5) is 49.1. The summed E-state index contributed by atoms with van der Waals surface area (Å²) < 4.78 is 5.09. The number of carbonyl (C=O) groups excluding carboxylic acids is 4. The molecule has 0 fully saturated rings. The average Bonchev–Trinajstić information content (AvgIpc) is 2.82. The molecule has 3 amide bonds. The van der Waals surface area contributed by atoms with E-state index in [1.165, 1.54) is 13.8 Å². The number of halogens is 1.